The first-order valence-corrected chi connectivity index (χ1v) is 5.36. The van der Waals surface area contributed by atoms with Gasteiger partial charge >= 0.3 is 0 Å². The Hall–Kier alpha value is -1.26. The van der Waals surface area contributed by atoms with Crippen molar-refractivity contribution in [3.63, 3.8) is 0 Å². The van der Waals surface area contributed by atoms with Crippen LogP contribution in [0.2, 0.25) is 5.02 Å². The van der Waals surface area contributed by atoms with Crippen LogP contribution >= 0.6 is 11.6 Å². The first kappa shape index (κ1) is 12.8. The predicted octanol–water partition coefficient (Wildman–Crippen LogP) is 1.50. The highest BCUT2D eigenvalue weighted by Gasteiger charge is 2.14. The van der Waals surface area contributed by atoms with Crippen molar-refractivity contribution in [1.29, 1.82) is 0 Å². The average molecular weight is 244 g/mol. The third-order valence-corrected chi connectivity index (χ3v) is 2.54. The molecule has 0 saturated carbocycles. The molecule has 88 valence electrons. The van der Waals surface area contributed by atoms with Gasteiger partial charge in [-0.3, -0.25) is 4.79 Å². The van der Waals surface area contributed by atoms with Gasteiger partial charge in [0.2, 0.25) is 0 Å². The monoisotopic (exact) mass is 243 g/mol. The summed E-state index contributed by atoms with van der Waals surface area (Å²) in [6.45, 7) is 2.55. The van der Waals surface area contributed by atoms with Crippen molar-refractivity contribution in [3.05, 3.63) is 28.8 Å². The zero-order valence-corrected chi connectivity index (χ0v) is 9.74. The Kier molecular flexibility index (Phi) is 4.58. The highest BCUT2D eigenvalue weighted by Crippen LogP contribution is 2.24. The van der Waals surface area contributed by atoms with Gasteiger partial charge in [-0.1, -0.05) is 11.6 Å². The fourth-order valence-corrected chi connectivity index (χ4v) is 1.53. The SMILES string of the molecule is CCN(CCO)C(=O)c1ccc(O)c(Cl)c1. The van der Waals surface area contributed by atoms with Crippen LogP contribution in [-0.2, 0) is 0 Å². The molecule has 1 amide bonds. The van der Waals surface area contributed by atoms with E-state index in [1.165, 1.54) is 23.1 Å². The zero-order chi connectivity index (χ0) is 12.1. The van der Waals surface area contributed by atoms with Crippen LogP contribution in [0.5, 0.6) is 5.75 Å². The topological polar surface area (TPSA) is 60.8 Å². The molecule has 2 N–H and O–H groups in total. The van der Waals surface area contributed by atoms with Crippen LogP contribution in [0.1, 0.15) is 17.3 Å². The van der Waals surface area contributed by atoms with E-state index in [1.54, 1.807) is 0 Å². The van der Waals surface area contributed by atoms with Crippen molar-refractivity contribution in [3.8, 4) is 5.75 Å². The number of aliphatic hydroxyl groups excluding tert-OH is 1. The molecule has 0 aromatic heterocycles. The standard InChI is InChI=1S/C11H14ClNO3/c1-2-13(5-6-14)11(16)8-3-4-10(15)9(12)7-8/h3-4,7,14-15H,2,5-6H2,1H3. The lowest BCUT2D eigenvalue weighted by molar-refractivity contribution is 0.0732. The number of amides is 1. The molecular weight excluding hydrogens is 230 g/mol. The molecule has 0 aliphatic carbocycles. The fourth-order valence-electron chi connectivity index (χ4n) is 1.35. The van der Waals surface area contributed by atoms with Gasteiger partial charge in [0.05, 0.1) is 11.6 Å². The van der Waals surface area contributed by atoms with Gasteiger partial charge in [-0.2, -0.15) is 0 Å². The van der Waals surface area contributed by atoms with Gasteiger partial charge in [0.25, 0.3) is 5.91 Å². The maximum absolute atomic E-state index is 11.9. The summed E-state index contributed by atoms with van der Waals surface area (Å²) in [5, 5.41) is 18.2. The van der Waals surface area contributed by atoms with E-state index in [0.717, 1.165) is 0 Å². The molecule has 4 nitrogen and oxygen atoms in total. The Labute approximate surface area is 99.1 Å². The van der Waals surface area contributed by atoms with E-state index in [1.807, 2.05) is 6.92 Å². The Morgan fingerprint density at radius 2 is 2.19 bits per heavy atom. The largest absolute Gasteiger partial charge is 0.506 e. The molecule has 0 unspecified atom stereocenters. The third-order valence-electron chi connectivity index (χ3n) is 2.23. The van der Waals surface area contributed by atoms with Crippen LogP contribution in [0.15, 0.2) is 18.2 Å². The minimum atomic E-state index is -0.210. The third kappa shape index (κ3) is 2.87. The molecule has 0 radical (unpaired) electrons. The molecule has 16 heavy (non-hydrogen) atoms. The van der Waals surface area contributed by atoms with Crippen LogP contribution in [0, 0.1) is 0 Å². The van der Waals surface area contributed by atoms with E-state index in [9.17, 15) is 9.90 Å². The second kappa shape index (κ2) is 5.72. The molecule has 0 saturated heterocycles. The molecule has 5 heteroatoms. The molecule has 1 aromatic rings. The number of carbonyl (C=O) groups excluding carboxylic acids is 1. The predicted molar refractivity (Wildman–Crippen MR) is 61.8 cm³/mol. The lowest BCUT2D eigenvalue weighted by atomic mass is 10.2. The first-order chi connectivity index (χ1) is 7.60. The summed E-state index contributed by atoms with van der Waals surface area (Å²) in [5.74, 6) is -0.262. The van der Waals surface area contributed by atoms with Crippen molar-refractivity contribution >= 4 is 17.5 Å². The minimum absolute atomic E-state index is 0.0524. The number of benzene rings is 1. The Morgan fingerprint density at radius 3 is 2.69 bits per heavy atom. The van der Waals surface area contributed by atoms with E-state index in [4.69, 9.17) is 16.7 Å². The fraction of sp³-hybridized carbons (Fsp3) is 0.364. The van der Waals surface area contributed by atoms with Crippen molar-refractivity contribution in [2.24, 2.45) is 0 Å². The molecule has 0 atom stereocenters. The quantitative estimate of drug-likeness (QED) is 0.843. The number of phenolic OH excluding ortho intramolecular Hbond substituents is 1. The number of aliphatic hydroxyl groups is 1. The summed E-state index contributed by atoms with van der Waals surface area (Å²) >= 11 is 5.71. The van der Waals surface area contributed by atoms with Gasteiger partial charge in [0.15, 0.2) is 0 Å². The molecule has 0 heterocycles. The van der Waals surface area contributed by atoms with Crippen molar-refractivity contribution in [2.45, 2.75) is 6.92 Å². The normalized spacial score (nSPS) is 10.2. The lowest BCUT2D eigenvalue weighted by Crippen LogP contribution is -2.33. The number of aromatic hydroxyl groups is 1. The summed E-state index contributed by atoms with van der Waals surface area (Å²) < 4.78 is 0. The summed E-state index contributed by atoms with van der Waals surface area (Å²) in [6.07, 6.45) is 0. The first-order valence-electron chi connectivity index (χ1n) is 4.98. The van der Waals surface area contributed by atoms with Crippen molar-refractivity contribution in [1.82, 2.24) is 4.90 Å². The van der Waals surface area contributed by atoms with E-state index in [0.29, 0.717) is 12.1 Å². The maximum atomic E-state index is 11.9. The number of carbonyl (C=O) groups is 1. The van der Waals surface area contributed by atoms with Gasteiger partial charge in [-0.15, -0.1) is 0 Å². The highest BCUT2D eigenvalue weighted by atomic mass is 35.5. The summed E-state index contributed by atoms with van der Waals surface area (Å²) in [5.41, 5.74) is 0.401. The van der Waals surface area contributed by atoms with Crippen LogP contribution in [0.25, 0.3) is 0 Å². The Bertz CT molecular complexity index is 381. The van der Waals surface area contributed by atoms with Gasteiger partial charge in [-0.25, -0.2) is 0 Å². The molecule has 0 aliphatic rings. The molecule has 0 spiro atoms. The van der Waals surface area contributed by atoms with Crippen LogP contribution in [0.3, 0.4) is 0 Å². The zero-order valence-electron chi connectivity index (χ0n) is 8.98. The van der Waals surface area contributed by atoms with Crippen LogP contribution in [-0.4, -0.2) is 40.7 Å². The number of halogens is 1. The molecule has 0 aliphatic heterocycles. The number of likely N-dealkylation sites (N-methyl/N-ethyl adjacent to an activating group) is 1. The Morgan fingerprint density at radius 1 is 1.50 bits per heavy atom. The molecule has 0 bridgehead atoms. The second-order valence-corrected chi connectivity index (χ2v) is 3.68. The van der Waals surface area contributed by atoms with Gasteiger partial charge in [0, 0.05) is 18.7 Å². The van der Waals surface area contributed by atoms with Crippen LogP contribution < -0.4 is 0 Å². The van der Waals surface area contributed by atoms with E-state index in [2.05, 4.69) is 0 Å². The van der Waals surface area contributed by atoms with Gasteiger partial charge < -0.3 is 15.1 Å². The molecular formula is C11H14ClNO3. The van der Waals surface area contributed by atoms with Crippen LogP contribution in [0.4, 0.5) is 0 Å². The number of rotatable bonds is 4. The Balaban J connectivity index is 2.90. The van der Waals surface area contributed by atoms with E-state index < -0.39 is 0 Å². The average Bonchev–Trinajstić information content (AvgIpc) is 2.28. The van der Waals surface area contributed by atoms with Gasteiger partial charge in [0.1, 0.15) is 5.75 Å². The molecule has 1 aromatic carbocycles. The summed E-state index contributed by atoms with van der Waals surface area (Å²) in [4.78, 5) is 13.4. The lowest BCUT2D eigenvalue weighted by Gasteiger charge is -2.19. The summed E-state index contributed by atoms with van der Waals surface area (Å²) in [6, 6.07) is 4.30. The second-order valence-electron chi connectivity index (χ2n) is 3.27. The molecule has 0 fully saturated rings. The van der Waals surface area contributed by atoms with E-state index >= 15 is 0 Å². The highest BCUT2D eigenvalue weighted by molar-refractivity contribution is 6.32. The van der Waals surface area contributed by atoms with Crippen molar-refractivity contribution < 1.29 is 15.0 Å². The maximum Gasteiger partial charge on any atom is 0.253 e. The number of phenols is 1. The van der Waals surface area contributed by atoms with Gasteiger partial charge in [-0.05, 0) is 25.1 Å². The molecule has 1 rings (SSSR count). The smallest absolute Gasteiger partial charge is 0.253 e. The van der Waals surface area contributed by atoms with E-state index in [-0.39, 0.29) is 29.8 Å². The number of hydrogen-bond acceptors (Lipinski definition) is 3. The number of nitrogens with zero attached hydrogens (tertiary/aromatic N) is 1. The van der Waals surface area contributed by atoms with Crippen molar-refractivity contribution in [2.75, 3.05) is 19.7 Å². The number of hydrogen-bond donors (Lipinski definition) is 2. The minimum Gasteiger partial charge on any atom is -0.506 e. The summed E-state index contributed by atoms with van der Waals surface area (Å²) in [7, 11) is 0.